The van der Waals surface area contributed by atoms with E-state index in [0.717, 1.165) is 57.4 Å². The number of benzene rings is 1. The number of carbonyl (C=O) groups excluding carboxylic acids is 2. The molecule has 0 atom stereocenters. The van der Waals surface area contributed by atoms with Crippen molar-refractivity contribution in [3.8, 4) is 0 Å². The average Bonchev–Trinajstić information content (AvgIpc) is 3.10. The molecule has 0 unspecified atom stereocenters. The van der Waals surface area contributed by atoms with E-state index in [2.05, 4.69) is 38.2 Å². The predicted molar refractivity (Wildman–Crippen MR) is 205 cm³/mol. The minimum Gasteiger partial charge on any atom is -0.744 e. The Kier molecular flexibility index (Phi) is 33.4. The second-order valence-corrected chi connectivity index (χ2v) is 14.9. The van der Waals surface area contributed by atoms with E-state index in [4.69, 9.17) is 9.47 Å². The second kappa shape index (κ2) is 34.3. The molecule has 286 valence electrons. The van der Waals surface area contributed by atoms with Crippen LogP contribution in [0.25, 0.3) is 0 Å². The van der Waals surface area contributed by atoms with Gasteiger partial charge in [-0.05, 0) is 76.3 Å². The van der Waals surface area contributed by atoms with E-state index >= 15 is 0 Å². The first kappa shape index (κ1) is 49.6. The Morgan fingerprint density at radius 3 is 1.29 bits per heavy atom. The summed E-state index contributed by atoms with van der Waals surface area (Å²) < 4.78 is 46.6. The zero-order chi connectivity index (χ0) is 36.5. The van der Waals surface area contributed by atoms with Crippen molar-refractivity contribution in [2.45, 2.75) is 186 Å². The van der Waals surface area contributed by atoms with Gasteiger partial charge in [-0.2, -0.15) is 0 Å². The minimum atomic E-state index is -5.01. The van der Waals surface area contributed by atoms with Crippen molar-refractivity contribution >= 4 is 22.1 Å². The summed E-state index contributed by atoms with van der Waals surface area (Å²) in [5.41, 5.74) is -0.790. The molecule has 0 aliphatic rings. The molecular weight excluding hydrogens is 672 g/mol. The number of hydrogen-bond donors (Lipinski definition) is 0. The maximum Gasteiger partial charge on any atom is 1.00 e. The van der Waals surface area contributed by atoms with E-state index in [-0.39, 0.29) is 48.3 Å². The van der Waals surface area contributed by atoms with Crippen LogP contribution in [-0.2, 0) is 19.6 Å². The van der Waals surface area contributed by atoms with Crippen molar-refractivity contribution in [1.29, 1.82) is 0 Å². The van der Waals surface area contributed by atoms with Crippen LogP contribution in [0.15, 0.2) is 47.4 Å². The molecule has 1 aromatic carbocycles. The summed E-state index contributed by atoms with van der Waals surface area (Å²) in [6, 6.07) is 3.61. The number of hydrogen-bond acceptors (Lipinski definition) is 7. The minimum absolute atomic E-state index is 0. The van der Waals surface area contributed by atoms with Gasteiger partial charge in [0.15, 0.2) is 0 Å². The zero-order valence-electron chi connectivity index (χ0n) is 32.6. The number of rotatable bonds is 33. The van der Waals surface area contributed by atoms with Crippen LogP contribution in [-0.4, -0.2) is 38.1 Å². The Morgan fingerprint density at radius 1 is 0.549 bits per heavy atom. The molecule has 0 aromatic heterocycles. The normalized spacial score (nSPS) is 11.7. The summed E-state index contributed by atoms with van der Waals surface area (Å²) in [6.07, 6.45) is 38.9. The van der Waals surface area contributed by atoms with Gasteiger partial charge in [-0.15, -0.1) is 0 Å². The van der Waals surface area contributed by atoms with Gasteiger partial charge in [0.1, 0.15) is 10.1 Å². The molecule has 51 heavy (non-hydrogen) atoms. The van der Waals surface area contributed by atoms with Crippen molar-refractivity contribution in [3.05, 3.63) is 53.6 Å². The third-order valence-electron chi connectivity index (χ3n) is 9.00. The van der Waals surface area contributed by atoms with Crippen molar-refractivity contribution in [1.82, 2.24) is 0 Å². The van der Waals surface area contributed by atoms with E-state index < -0.39 is 32.5 Å². The Hall–Kier alpha value is -1.45. The van der Waals surface area contributed by atoms with Crippen molar-refractivity contribution in [2.75, 3.05) is 13.2 Å². The molecule has 0 N–H and O–H groups in total. The monoisotopic (exact) mass is 740 g/mol. The molecule has 0 bridgehead atoms. The largest absolute Gasteiger partial charge is 1.00 e. The van der Waals surface area contributed by atoms with Crippen LogP contribution in [0.4, 0.5) is 0 Å². The summed E-state index contributed by atoms with van der Waals surface area (Å²) in [7, 11) is -5.01. The first-order chi connectivity index (χ1) is 24.3. The first-order valence-electron chi connectivity index (χ1n) is 20.1. The van der Waals surface area contributed by atoms with Crippen LogP contribution in [0.5, 0.6) is 0 Å². The maximum absolute atomic E-state index is 13.0. The van der Waals surface area contributed by atoms with Gasteiger partial charge in [0.25, 0.3) is 0 Å². The van der Waals surface area contributed by atoms with Crippen LogP contribution in [0.3, 0.4) is 0 Å². The van der Waals surface area contributed by atoms with Crippen LogP contribution in [0.1, 0.15) is 202 Å². The smallest absolute Gasteiger partial charge is 0.744 e. The number of carbonyl (C=O) groups is 2. The topological polar surface area (TPSA) is 110 Å². The SMILES string of the molecule is CCCCCC/C=C/CCCCCCCCCOC(=O)c1cccc(S(=O)(=O)[O-])c1C(=O)OCCCCCCCCC/C=C/CCCCCC.[Na+]. The molecule has 0 aliphatic heterocycles. The summed E-state index contributed by atoms with van der Waals surface area (Å²) in [5, 5.41) is 0. The molecule has 9 heteroatoms. The first-order valence-corrected chi connectivity index (χ1v) is 21.5. The van der Waals surface area contributed by atoms with E-state index in [1.54, 1.807) is 0 Å². The fourth-order valence-corrected chi connectivity index (χ4v) is 6.63. The number of esters is 2. The summed E-state index contributed by atoms with van der Waals surface area (Å²) in [5.74, 6) is -1.82. The van der Waals surface area contributed by atoms with Crippen molar-refractivity contribution in [2.24, 2.45) is 0 Å². The number of allylic oxidation sites excluding steroid dienone is 4. The van der Waals surface area contributed by atoms with Crippen molar-refractivity contribution in [3.63, 3.8) is 0 Å². The molecule has 0 spiro atoms. The summed E-state index contributed by atoms with van der Waals surface area (Å²) in [6.45, 7) is 4.70. The Bertz CT molecular complexity index is 1180. The molecular formula is C42H69NaO7S. The van der Waals surface area contributed by atoms with E-state index in [1.807, 2.05) is 0 Å². The number of ether oxygens (including phenoxy) is 2. The van der Waals surface area contributed by atoms with Gasteiger partial charge in [0.05, 0.1) is 29.2 Å². The Labute approximate surface area is 334 Å². The Morgan fingerprint density at radius 2 is 0.902 bits per heavy atom. The molecule has 1 rings (SSSR count). The van der Waals surface area contributed by atoms with Crippen LogP contribution in [0, 0.1) is 0 Å². The molecule has 0 fully saturated rings. The summed E-state index contributed by atoms with van der Waals surface area (Å²) in [4.78, 5) is 25.1. The van der Waals surface area contributed by atoms with Gasteiger partial charge < -0.3 is 14.0 Å². The molecule has 0 radical (unpaired) electrons. The average molecular weight is 741 g/mol. The predicted octanol–water partition coefficient (Wildman–Crippen LogP) is 9.20. The van der Waals surface area contributed by atoms with E-state index in [0.29, 0.717) is 12.8 Å². The van der Waals surface area contributed by atoms with Gasteiger partial charge in [0, 0.05) is 0 Å². The standard InChI is InChI=1S/C42H70O7S.Na/c1-3-5-7-9-11-13-15-17-19-21-23-25-27-29-31-36-48-41(43)38-34-33-35-39(50(45,46)47)40(38)42(44)49-37-32-30-28-26-24-22-20-18-16-14-12-10-8-6-4-2;/h13-16,33-35H,3-12,17-32,36-37H2,1-2H3,(H,45,46,47);/q;+1/p-1/b15-13+,16-14+;. The van der Waals surface area contributed by atoms with Crippen LogP contribution in [0.2, 0.25) is 0 Å². The van der Waals surface area contributed by atoms with E-state index in [1.165, 1.54) is 115 Å². The molecule has 0 amide bonds. The molecule has 0 heterocycles. The number of unbranched alkanes of at least 4 members (excludes halogenated alkanes) is 22. The molecule has 1 aromatic rings. The van der Waals surface area contributed by atoms with Gasteiger partial charge >= 0.3 is 41.5 Å². The van der Waals surface area contributed by atoms with Gasteiger partial charge in [-0.25, -0.2) is 18.0 Å². The fraction of sp³-hybridized carbons (Fsp3) is 0.714. The second-order valence-electron chi connectivity index (χ2n) is 13.6. The van der Waals surface area contributed by atoms with Gasteiger partial charge in [0.2, 0.25) is 0 Å². The van der Waals surface area contributed by atoms with Crippen LogP contribution >= 0.6 is 0 Å². The fourth-order valence-electron chi connectivity index (χ4n) is 5.95. The van der Waals surface area contributed by atoms with Gasteiger partial charge in [-0.3, -0.25) is 0 Å². The third-order valence-corrected chi connectivity index (χ3v) is 9.88. The molecule has 7 nitrogen and oxygen atoms in total. The Balaban J connectivity index is 0.0000250. The third kappa shape index (κ3) is 26.9. The van der Waals surface area contributed by atoms with E-state index in [9.17, 15) is 22.6 Å². The molecule has 0 saturated carbocycles. The van der Waals surface area contributed by atoms with Crippen LogP contribution < -0.4 is 29.6 Å². The maximum atomic E-state index is 13.0. The molecule has 0 aliphatic carbocycles. The van der Waals surface area contributed by atoms with Gasteiger partial charge in [-0.1, -0.05) is 147 Å². The molecule has 0 saturated heterocycles. The quantitative estimate of drug-likeness (QED) is 0.0232. The zero-order valence-corrected chi connectivity index (χ0v) is 35.4. The summed E-state index contributed by atoms with van der Waals surface area (Å²) >= 11 is 0. The van der Waals surface area contributed by atoms with Crippen molar-refractivity contribution < 1.29 is 61.6 Å².